The van der Waals surface area contributed by atoms with Crippen LogP contribution >= 0.6 is 11.6 Å². The minimum Gasteiger partial charge on any atom is -0.476 e. The smallest absolute Gasteiger partial charge is 0.420 e. The van der Waals surface area contributed by atoms with Gasteiger partial charge in [-0.3, -0.25) is 4.40 Å². The van der Waals surface area contributed by atoms with Crippen molar-refractivity contribution in [3.63, 3.8) is 0 Å². The van der Waals surface area contributed by atoms with Crippen LogP contribution in [0.5, 0.6) is 0 Å². The number of carboxylic acid groups (broad SMARTS) is 1. The van der Waals surface area contributed by atoms with Crippen molar-refractivity contribution >= 4 is 23.2 Å². The van der Waals surface area contributed by atoms with Gasteiger partial charge >= 0.3 is 12.1 Å². The number of nitrogens with one attached hydrogen (secondary N) is 1. The first kappa shape index (κ1) is 14.5. The van der Waals surface area contributed by atoms with E-state index in [1.807, 2.05) is 0 Å². The third-order valence-electron chi connectivity index (χ3n) is 3.08. The maximum absolute atomic E-state index is 13.2. The molecule has 0 aliphatic carbocycles. The lowest BCUT2D eigenvalue weighted by atomic mass is 10.1. The van der Waals surface area contributed by atoms with Crippen molar-refractivity contribution in [1.82, 2.24) is 14.4 Å². The summed E-state index contributed by atoms with van der Waals surface area (Å²) < 4.78 is 40.6. The highest BCUT2D eigenvalue weighted by Crippen LogP contribution is 2.36. The number of fused-ring (bicyclic) bond motifs is 1. The van der Waals surface area contributed by atoms with Crippen molar-refractivity contribution in [2.24, 2.45) is 0 Å². The molecular formula is C13H7ClF3N3O2. The first-order valence-electron chi connectivity index (χ1n) is 5.95. The summed E-state index contributed by atoms with van der Waals surface area (Å²) in [4.78, 5) is 17.3. The molecule has 114 valence electrons. The number of aromatic nitrogens is 3. The van der Waals surface area contributed by atoms with Gasteiger partial charge in [0.15, 0.2) is 11.3 Å². The van der Waals surface area contributed by atoms with Crippen LogP contribution in [0.4, 0.5) is 13.2 Å². The summed E-state index contributed by atoms with van der Waals surface area (Å²) in [5.74, 6) is -1.50. The van der Waals surface area contributed by atoms with Crippen LogP contribution < -0.4 is 0 Å². The van der Waals surface area contributed by atoms with E-state index in [0.717, 1.165) is 10.5 Å². The number of H-pyrrole nitrogens is 1. The van der Waals surface area contributed by atoms with Crippen molar-refractivity contribution in [3.8, 4) is 11.3 Å². The topological polar surface area (TPSA) is 70.4 Å². The van der Waals surface area contributed by atoms with Crippen LogP contribution in [0.2, 0.25) is 5.15 Å². The highest BCUT2D eigenvalue weighted by Gasteiger charge is 2.36. The lowest BCUT2D eigenvalue weighted by Gasteiger charge is -2.10. The van der Waals surface area contributed by atoms with Crippen LogP contribution in [-0.2, 0) is 6.18 Å². The summed E-state index contributed by atoms with van der Waals surface area (Å²) in [6.07, 6.45) is -1.84. The van der Waals surface area contributed by atoms with Crippen LogP contribution in [0, 0.1) is 0 Å². The van der Waals surface area contributed by atoms with Crippen LogP contribution in [0.1, 0.15) is 16.1 Å². The highest BCUT2D eigenvalue weighted by atomic mass is 35.5. The standard InChI is InChI=1S/C13H7ClF3N3O2/c14-10-9(12(21)22)19-11-7(13(15,16)17)4-6(5-20(10)11)8-2-1-3-18-8/h1-5,18H,(H,21,22). The summed E-state index contributed by atoms with van der Waals surface area (Å²) >= 11 is 5.85. The van der Waals surface area contributed by atoms with E-state index in [1.54, 1.807) is 18.3 Å². The van der Waals surface area contributed by atoms with Crippen molar-refractivity contribution in [1.29, 1.82) is 0 Å². The van der Waals surface area contributed by atoms with E-state index < -0.39 is 29.1 Å². The van der Waals surface area contributed by atoms with Gasteiger partial charge in [-0.1, -0.05) is 11.6 Å². The number of aromatic carboxylic acids is 1. The predicted octanol–water partition coefficient (Wildman–Crippen LogP) is 3.70. The van der Waals surface area contributed by atoms with E-state index in [4.69, 9.17) is 16.7 Å². The second-order valence-electron chi connectivity index (χ2n) is 4.47. The number of carbonyl (C=O) groups is 1. The van der Waals surface area contributed by atoms with Gasteiger partial charge in [-0.2, -0.15) is 13.2 Å². The zero-order valence-corrected chi connectivity index (χ0v) is 11.4. The average Bonchev–Trinajstić information content (AvgIpc) is 3.05. The molecule has 0 aromatic carbocycles. The van der Waals surface area contributed by atoms with Crippen LogP contribution in [0.25, 0.3) is 16.9 Å². The zero-order valence-electron chi connectivity index (χ0n) is 10.6. The predicted molar refractivity (Wildman–Crippen MR) is 72.0 cm³/mol. The Morgan fingerprint density at radius 1 is 1.41 bits per heavy atom. The summed E-state index contributed by atoms with van der Waals surface area (Å²) in [6.45, 7) is 0. The SMILES string of the molecule is O=C(O)c1nc2c(C(F)(F)F)cc(-c3ccc[nH]3)cn2c1Cl. The number of hydrogen-bond acceptors (Lipinski definition) is 2. The largest absolute Gasteiger partial charge is 0.476 e. The average molecular weight is 330 g/mol. The number of imidazole rings is 1. The molecule has 3 aromatic heterocycles. The van der Waals surface area contributed by atoms with Gasteiger partial charge in [0.1, 0.15) is 5.15 Å². The molecule has 0 radical (unpaired) electrons. The molecule has 0 saturated carbocycles. The molecule has 22 heavy (non-hydrogen) atoms. The molecule has 0 bridgehead atoms. The fraction of sp³-hybridized carbons (Fsp3) is 0.0769. The molecule has 2 N–H and O–H groups in total. The molecule has 3 aromatic rings. The number of halogens is 4. The van der Waals surface area contributed by atoms with Crippen LogP contribution in [-0.4, -0.2) is 25.4 Å². The van der Waals surface area contributed by atoms with E-state index in [0.29, 0.717) is 5.69 Å². The van der Waals surface area contributed by atoms with Crippen molar-refractivity contribution in [2.45, 2.75) is 6.18 Å². The Morgan fingerprint density at radius 2 is 2.14 bits per heavy atom. The Morgan fingerprint density at radius 3 is 2.68 bits per heavy atom. The Hall–Kier alpha value is -2.48. The second kappa shape index (κ2) is 4.77. The zero-order chi connectivity index (χ0) is 16.1. The van der Waals surface area contributed by atoms with E-state index >= 15 is 0 Å². The maximum atomic E-state index is 13.2. The molecular weight excluding hydrogens is 323 g/mol. The van der Waals surface area contributed by atoms with Crippen LogP contribution in [0.15, 0.2) is 30.6 Å². The minimum atomic E-state index is -4.70. The van der Waals surface area contributed by atoms with Gasteiger partial charge in [-0.15, -0.1) is 0 Å². The van der Waals surface area contributed by atoms with E-state index in [-0.39, 0.29) is 10.7 Å². The molecule has 0 amide bonds. The number of hydrogen-bond donors (Lipinski definition) is 2. The molecule has 0 saturated heterocycles. The maximum Gasteiger partial charge on any atom is 0.420 e. The third kappa shape index (κ3) is 2.21. The van der Waals surface area contributed by atoms with Crippen molar-refractivity contribution < 1.29 is 23.1 Å². The number of pyridine rings is 1. The Balaban J connectivity index is 2.39. The van der Waals surface area contributed by atoms with Crippen molar-refractivity contribution in [2.75, 3.05) is 0 Å². The Bertz CT molecular complexity index is 869. The lowest BCUT2D eigenvalue weighted by Crippen LogP contribution is -2.08. The first-order valence-corrected chi connectivity index (χ1v) is 6.32. The monoisotopic (exact) mass is 329 g/mol. The number of rotatable bonds is 2. The Labute approximate surface area is 126 Å². The molecule has 0 atom stereocenters. The highest BCUT2D eigenvalue weighted by molar-refractivity contribution is 6.32. The molecule has 0 aliphatic rings. The number of nitrogens with zero attached hydrogens (tertiary/aromatic N) is 2. The van der Waals surface area contributed by atoms with E-state index in [1.165, 1.54) is 6.20 Å². The molecule has 3 rings (SSSR count). The quantitative estimate of drug-likeness (QED) is 0.753. The Kier molecular flexibility index (Phi) is 3.13. The van der Waals surface area contributed by atoms with E-state index in [9.17, 15) is 18.0 Å². The summed E-state index contributed by atoms with van der Waals surface area (Å²) in [5.41, 5.74) is -1.59. The van der Waals surface area contributed by atoms with Gasteiger partial charge in [0.2, 0.25) is 0 Å². The number of alkyl halides is 3. The van der Waals surface area contributed by atoms with Gasteiger partial charge in [-0.05, 0) is 18.2 Å². The molecule has 0 spiro atoms. The summed E-state index contributed by atoms with van der Waals surface area (Å²) in [6, 6.07) is 4.12. The summed E-state index contributed by atoms with van der Waals surface area (Å²) in [7, 11) is 0. The molecule has 5 nitrogen and oxygen atoms in total. The molecule has 0 fully saturated rings. The number of carboxylic acids is 1. The molecule has 0 unspecified atom stereocenters. The van der Waals surface area contributed by atoms with E-state index in [2.05, 4.69) is 9.97 Å². The molecule has 0 aliphatic heterocycles. The molecule has 9 heteroatoms. The first-order chi connectivity index (χ1) is 10.3. The molecule has 3 heterocycles. The number of aromatic amines is 1. The minimum absolute atomic E-state index is 0.209. The van der Waals surface area contributed by atoms with Crippen molar-refractivity contribution in [3.05, 3.63) is 47.0 Å². The fourth-order valence-electron chi connectivity index (χ4n) is 2.12. The normalized spacial score (nSPS) is 12.0. The second-order valence-corrected chi connectivity index (χ2v) is 4.83. The van der Waals surface area contributed by atoms with Gasteiger partial charge in [0, 0.05) is 23.7 Å². The van der Waals surface area contributed by atoms with Gasteiger partial charge in [0.25, 0.3) is 0 Å². The van der Waals surface area contributed by atoms with Crippen LogP contribution in [0.3, 0.4) is 0 Å². The van der Waals surface area contributed by atoms with Gasteiger partial charge < -0.3 is 10.1 Å². The van der Waals surface area contributed by atoms with Gasteiger partial charge in [-0.25, -0.2) is 9.78 Å². The van der Waals surface area contributed by atoms with Gasteiger partial charge in [0.05, 0.1) is 5.56 Å². The lowest BCUT2D eigenvalue weighted by molar-refractivity contribution is -0.136. The summed E-state index contributed by atoms with van der Waals surface area (Å²) in [5, 5.41) is 8.58. The fourth-order valence-corrected chi connectivity index (χ4v) is 2.37. The third-order valence-corrected chi connectivity index (χ3v) is 3.44.